The van der Waals surface area contributed by atoms with Crippen LogP contribution in [0.25, 0.3) is 0 Å². The number of hydrogen-bond donors (Lipinski definition) is 2. The van der Waals surface area contributed by atoms with Gasteiger partial charge in [0, 0.05) is 23.0 Å². The molecule has 6 nitrogen and oxygen atoms in total. The van der Waals surface area contributed by atoms with Crippen molar-refractivity contribution in [3.63, 3.8) is 0 Å². The maximum absolute atomic E-state index is 12.1. The quantitative estimate of drug-likeness (QED) is 0.811. The number of aromatic nitrogens is 1. The number of allylic oxidation sites excluding steroid dienone is 2. The molecule has 0 radical (unpaired) electrons. The number of aromatic hydroxyl groups is 2. The highest BCUT2D eigenvalue weighted by molar-refractivity contribution is 7.85. The molecule has 1 aromatic heterocycles. The Morgan fingerprint density at radius 2 is 1.60 bits per heavy atom. The summed E-state index contributed by atoms with van der Waals surface area (Å²) < 4.78 is 62.0. The largest absolute Gasteiger partial charge is 0.538 e. The van der Waals surface area contributed by atoms with Crippen molar-refractivity contribution in [2.75, 3.05) is 0 Å². The summed E-state index contributed by atoms with van der Waals surface area (Å²) >= 11 is 0. The van der Waals surface area contributed by atoms with Crippen LogP contribution in [0.15, 0.2) is 12.2 Å². The molecule has 10 heteroatoms. The Morgan fingerprint density at radius 1 is 1.15 bits per heavy atom. The standard InChI is InChI=1S/C10H8F3NO5S/c11-10(12,13)19-20(17,18)14-8(15)6-4-1-2-5(3-4)7(6)9(14)16/h1-2,4-5,15-16H,3H2. The first-order valence-corrected chi connectivity index (χ1v) is 6.86. The molecule has 0 amide bonds. The Hall–Kier alpha value is -1.68. The van der Waals surface area contributed by atoms with Gasteiger partial charge in [-0.15, -0.1) is 13.2 Å². The molecule has 1 aromatic rings. The summed E-state index contributed by atoms with van der Waals surface area (Å²) in [5, 5.41) is 19.7. The maximum Gasteiger partial charge on any atom is 0.538 e. The van der Waals surface area contributed by atoms with Gasteiger partial charge in [0.2, 0.25) is 11.8 Å². The van der Waals surface area contributed by atoms with Gasteiger partial charge in [0.15, 0.2) is 0 Å². The summed E-state index contributed by atoms with van der Waals surface area (Å²) in [6, 6.07) is 0. The van der Waals surface area contributed by atoms with Gasteiger partial charge in [0.05, 0.1) is 0 Å². The van der Waals surface area contributed by atoms with Gasteiger partial charge in [-0.3, -0.25) is 0 Å². The highest BCUT2D eigenvalue weighted by Crippen LogP contribution is 2.56. The van der Waals surface area contributed by atoms with E-state index in [-0.39, 0.29) is 26.9 Å². The molecule has 0 aromatic carbocycles. The van der Waals surface area contributed by atoms with Crippen LogP contribution in [-0.2, 0) is 14.5 Å². The molecule has 2 bridgehead atoms. The van der Waals surface area contributed by atoms with E-state index in [0.717, 1.165) is 0 Å². The van der Waals surface area contributed by atoms with Crippen molar-refractivity contribution in [1.82, 2.24) is 3.97 Å². The first-order chi connectivity index (χ1) is 9.12. The van der Waals surface area contributed by atoms with Gasteiger partial charge in [-0.05, 0) is 6.42 Å². The van der Waals surface area contributed by atoms with Gasteiger partial charge in [-0.1, -0.05) is 12.2 Å². The molecule has 2 aliphatic rings. The van der Waals surface area contributed by atoms with Crippen molar-refractivity contribution in [3.8, 4) is 11.8 Å². The van der Waals surface area contributed by atoms with Crippen molar-refractivity contribution in [1.29, 1.82) is 0 Å². The molecule has 110 valence electrons. The van der Waals surface area contributed by atoms with Gasteiger partial charge < -0.3 is 10.2 Å². The van der Waals surface area contributed by atoms with Crippen LogP contribution in [0, 0.1) is 0 Å². The highest BCUT2D eigenvalue weighted by atomic mass is 32.2. The summed E-state index contributed by atoms with van der Waals surface area (Å²) in [5.41, 5.74) is 0.258. The topological polar surface area (TPSA) is 88.8 Å². The summed E-state index contributed by atoms with van der Waals surface area (Å²) in [4.78, 5) is 0. The Bertz CT molecular complexity index is 683. The Kier molecular flexibility index (Phi) is 2.46. The Balaban J connectivity index is 2.14. The molecule has 3 rings (SSSR count). The van der Waals surface area contributed by atoms with E-state index in [1.54, 1.807) is 12.2 Å². The Labute approximate surface area is 111 Å². The SMILES string of the molecule is O=S(=O)(OC(F)(F)F)n1c(O)c2c(c1O)C1C=CC2C1. The van der Waals surface area contributed by atoms with Crippen LogP contribution in [0.4, 0.5) is 13.2 Å². The van der Waals surface area contributed by atoms with Crippen LogP contribution < -0.4 is 0 Å². The molecular formula is C10H8F3NO5S. The zero-order valence-electron chi connectivity index (χ0n) is 9.63. The number of rotatable bonds is 2. The normalized spacial score (nSPS) is 24.4. The smallest absolute Gasteiger partial charge is 0.493 e. The van der Waals surface area contributed by atoms with E-state index in [0.29, 0.717) is 6.42 Å². The second kappa shape index (κ2) is 3.70. The lowest BCUT2D eigenvalue weighted by Gasteiger charge is -2.11. The fraction of sp³-hybridized carbons (Fsp3) is 0.400. The van der Waals surface area contributed by atoms with Crippen molar-refractivity contribution in [2.24, 2.45) is 0 Å². The third-order valence-electron chi connectivity index (χ3n) is 3.41. The number of alkyl halides is 3. The van der Waals surface area contributed by atoms with E-state index in [2.05, 4.69) is 4.18 Å². The van der Waals surface area contributed by atoms with Crippen LogP contribution in [-0.4, -0.2) is 29.0 Å². The fourth-order valence-corrected chi connectivity index (χ4v) is 3.72. The van der Waals surface area contributed by atoms with E-state index < -0.39 is 28.4 Å². The van der Waals surface area contributed by atoms with E-state index in [1.165, 1.54) is 0 Å². The van der Waals surface area contributed by atoms with Gasteiger partial charge in [0.1, 0.15) is 0 Å². The van der Waals surface area contributed by atoms with Crippen molar-refractivity contribution < 1.29 is 36.0 Å². The first kappa shape index (κ1) is 13.3. The van der Waals surface area contributed by atoms with Crippen LogP contribution in [0.1, 0.15) is 29.4 Å². The molecule has 2 N–H and O–H groups in total. The third-order valence-corrected chi connectivity index (χ3v) is 4.60. The number of nitrogens with zero attached hydrogens (tertiary/aromatic N) is 1. The minimum atomic E-state index is -5.45. The molecule has 1 heterocycles. The van der Waals surface area contributed by atoms with Crippen LogP contribution in [0.2, 0.25) is 0 Å². The number of hydrogen-bond acceptors (Lipinski definition) is 5. The van der Waals surface area contributed by atoms with Gasteiger partial charge in [0.25, 0.3) is 0 Å². The summed E-state index contributed by atoms with van der Waals surface area (Å²) in [7, 11) is -5.41. The molecule has 2 atom stereocenters. The highest BCUT2D eigenvalue weighted by Gasteiger charge is 2.46. The zero-order chi connectivity index (χ0) is 14.9. The van der Waals surface area contributed by atoms with Crippen LogP contribution >= 0.6 is 0 Å². The lowest BCUT2D eigenvalue weighted by atomic mass is 10.0. The Morgan fingerprint density at radius 3 is 2.00 bits per heavy atom. The first-order valence-electron chi connectivity index (χ1n) is 5.49. The molecule has 0 spiro atoms. The van der Waals surface area contributed by atoms with Gasteiger partial charge in [-0.2, -0.15) is 16.6 Å². The molecule has 0 aliphatic heterocycles. The number of fused-ring (bicyclic) bond motifs is 5. The van der Waals surface area contributed by atoms with Crippen LogP contribution in [0.5, 0.6) is 11.8 Å². The second-order valence-corrected chi connectivity index (χ2v) is 5.95. The fourth-order valence-electron chi connectivity index (χ4n) is 2.79. The molecule has 20 heavy (non-hydrogen) atoms. The van der Waals surface area contributed by atoms with Gasteiger partial charge in [-0.25, -0.2) is 0 Å². The molecule has 0 saturated carbocycles. The lowest BCUT2D eigenvalue weighted by Crippen LogP contribution is -2.24. The van der Waals surface area contributed by atoms with Crippen LogP contribution in [0.3, 0.4) is 0 Å². The monoisotopic (exact) mass is 311 g/mol. The molecule has 0 fully saturated rings. The summed E-state index contributed by atoms with van der Waals surface area (Å²) in [6.07, 6.45) is -1.50. The minimum Gasteiger partial charge on any atom is -0.493 e. The van der Waals surface area contributed by atoms with E-state index in [4.69, 9.17) is 0 Å². The number of halogens is 3. The second-order valence-electron chi connectivity index (χ2n) is 4.56. The van der Waals surface area contributed by atoms with Gasteiger partial charge >= 0.3 is 16.7 Å². The van der Waals surface area contributed by atoms with E-state index >= 15 is 0 Å². The van der Waals surface area contributed by atoms with Crippen molar-refractivity contribution in [3.05, 3.63) is 23.3 Å². The van der Waals surface area contributed by atoms with E-state index in [9.17, 15) is 31.8 Å². The predicted octanol–water partition coefficient (Wildman–Crippen LogP) is 1.67. The molecule has 0 saturated heterocycles. The zero-order valence-corrected chi connectivity index (χ0v) is 10.4. The minimum absolute atomic E-state index is 0.129. The maximum atomic E-state index is 12.1. The average Bonchev–Trinajstić information content (AvgIpc) is 2.88. The molecule has 2 unspecified atom stereocenters. The summed E-state index contributed by atoms with van der Waals surface area (Å²) in [5.74, 6) is -2.52. The summed E-state index contributed by atoms with van der Waals surface area (Å²) in [6.45, 7) is 0. The van der Waals surface area contributed by atoms with Crippen molar-refractivity contribution >= 4 is 10.3 Å². The van der Waals surface area contributed by atoms with Crippen molar-refractivity contribution in [2.45, 2.75) is 24.6 Å². The average molecular weight is 311 g/mol. The van der Waals surface area contributed by atoms with E-state index in [1.807, 2.05) is 0 Å². The lowest BCUT2D eigenvalue weighted by molar-refractivity contribution is -0.272. The molecule has 2 aliphatic carbocycles. The predicted molar refractivity (Wildman–Crippen MR) is 58.5 cm³/mol. The molecular weight excluding hydrogens is 303 g/mol. The third kappa shape index (κ3) is 1.71.